The minimum Gasteiger partial charge on any atom is -0.478 e. The molecule has 0 fully saturated rings. The zero-order valence-electron chi connectivity index (χ0n) is 17.1. The van der Waals surface area contributed by atoms with E-state index >= 15 is 0 Å². The molecule has 170 valence electrons. The average Bonchev–Trinajstić information content (AvgIpc) is 2.64. The summed E-state index contributed by atoms with van der Waals surface area (Å²) in [6.45, 7) is 12.2. The molecular formula is C18H32O11. The molecule has 0 aliphatic carbocycles. The van der Waals surface area contributed by atoms with E-state index in [4.69, 9.17) is 35.7 Å². The van der Waals surface area contributed by atoms with Crippen LogP contribution in [0.15, 0.2) is 36.5 Å². The Hall–Kier alpha value is -2.57. The van der Waals surface area contributed by atoms with Gasteiger partial charge in [-0.15, -0.1) is 0 Å². The van der Waals surface area contributed by atoms with Gasteiger partial charge >= 0.3 is 17.9 Å². The van der Waals surface area contributed by atoms with Crippen molar-refractivity contribution in [2.45, 2.75) is 27.1 Å². The number of aliphatic hydroxyl groups excluding tert-OH is 4. The van der Waals surface area contributed by atoms with E-state index in [9.17, 15) is 14.4 Å². The number of aliphatic hydroxyl groups is 4. The van der Waals surface area contributed by atoms with Crippen molar-refractivity contribution in [2.24, 2.45) is 5.41 Å². The molecule has 29 heavy (non-hydrogen) atoms. The number of ether oxygens (including phenoxy) is 1. The maximum Gasteiger partial charge on any atom is 0.330 e. The van der Waals surface area contributed by atoms with E-state index in [1.807, 2.05) is 0 Å². The summed E-state index contributed by atoms with van der Waals surface area (Å²) in [6.07, 6.45) is -1.36. The van der Waals surface area contributed by atoms with Gasteiger partial charge < -0.3 is 40.5 Å². The van der Waals surface area contributed by atoms with Crippen molar-refractivity contribution in [3.05, 3.63) is 36.5 Å². The molecule has 11 nitrogen and oxygen atoms in total. The van der Waals surface area contributed by atoms with Crippen LogP contribution in [0, 0.1) is 5.41 Å². The smallest absolute Gasteiger partial charge is 0.330 e. The van der Waals surface area contributed by atoms with E-state index in [-0.39, 0.29) is 16.7 Å². The summed E-state index contributed by atoms with van der Waals surface area (Å²) in [4.78, 5) is 28.8. The lowest BCUT2D eigenvalue weighted by Crippen LogP contribution is -2.46. The molecule has 0 radical (unpaired) electrons. The lowest BCUT2D eigenvalue weighted by molar-refractivity contribution is -0.198. The van der Waals surface area contributed by atoms with Gasteiger partial charge in [0.2, 0.25) is 0 Å². The monoisotopic (exact) mass is 424 g/mol. The molecule has 0 aromatic carbocycles. The highest BCUT2D eigenvalue weighted by atomic mass is 16.6. The van der Waals surface area contributed by atoms with E-state index in [0.717, 1.165) is 0 Å². The highest BCUT2D eigenvalue weighted by molar-refractivity contribution is 5.85. The second kappa shape index (κ2) is 18.8. The van der Waals surface area contributed by atoms with Crippen LogP contribution in [0.5, 0.6) is 0 Å². The zero-order valence-corrected chi connectivity index (χ0v) is 17.1. The van der Waals surface area contributed by atoms with Crippen molar-refractivity contribution in [3.8, 4) is 0 Å². The molecule has 0 spiro atoms. The maximum atomic E-state index is 9.60. The Labute approximate surface area is 169 Å². The highest BCUT2D eigenvalue weighted by Gasteiger charge is 2.36. The van der Waals surface area contributed by atoms with Crippen LogP contribution in [0.4, 0.5) is 0 Å². The van der Waals surface area contributed by atoms with Gasteiger partial charge in [0.15, 0.2) is 6.29 Å². The predicted octanol–water partition coefficient (Wildman–Crippen LogP) is -0.144. The Morgan fingerprint density at radius 3 is 0.966 bits per heavy atom. The Bertz CT molecular complexity index is 447. The Morgan fingerprint density at radius 2 is 0.931 bits per heavy atom. The van der Waals surface area contributed by atoms with E-state index in [0.29, 0.717) is 0 Å². The summed E-state index contributed by atoms with van der Waals surface area (Å²) in [6, 6.07) is 0. The largest absolute Gasteiger partial charge is 0.478 e. The molecule has 0 amide bonds. The number of hydrogen-bond donors (Lipinski definition) is 7. The van der Waals surface area contributed by atoms with E-state index < -0.39 is 49.4 Å². The number of carbonyl (C=O) groups is 3. The molecule has 0 rings (SSSR count). The van der Waals surface area contributed by atoms with Gasteiger partial charge in [-0.1, -0.05) is 19.7 Å². The molecule has 0 aromatic rings. The van der Waals surface area contributed by atoms with Crippen LogP contribution in [-0.2, 0) is 19.1 Å². The minimum absolute atomic E-state index is 0.176. The number of rotatable bonds is 8. The molecule has 0 heterocycles. The third-order valence-electron chi connectivity index (χ3n) is 2.79. The SMILES string of the molecule is C=C(C)C(=O)O.C=C(C)C(=O)O.C=C(C)C(=O)O.COC(O)C(CO)(CO)CO. The lowest BCUT2D eigenvalue weighted by atomic mass is 9.90. The van der Waals surface area contributed by atoms with Crippen LogP contribution in [-0.4, -0.2) is 86.9 Å². The van der Waals surface area contributed by atoms with Gasteiger partial charge in [0, 0.05) is 23.8 Å². The van der Waals surface area contributed by atoms with E-state index in [1.165, 1.54) is 27.9 Å². The summed E-state index contributed by atoms with van der Waals surface area (Å²) < 4.78 is 4.46. The Balaban J connectivity index is -0.000000151. The third-order valence-corrected chi connectivity index (χ3v) is 2.79. The first-order valence-corrected chi connectivity index (χ1v) is 7.79. The van der Waals surface area contributed by atoms with Crippen LogP contribution in [0.1, 0.15) is 20.8 Å². The van der Waals surface area contributed by atoms with Crippen molar-refractivity contribution in [3.63, 3.8) is 0 Å². The summed E-state index contributed by atoms with van der Waals surface area (Å²) in [5, 5.41) is 58.9. The van der Waals surface area contributed by atoms with Gasteiger partial charge in [0.05, 0.1) is 25.2 Å². The van der Waals surface area contributed by atoms with Crippen LogP contribution in [0.25, 0.3) is 0 Å². The molecule has 7 N–H and O–H groups in total. The van der Waals surface area contributed by atoms with Crippen molar-refractivity contribution >= 4 is 17.9 Å². The summed E-state index contributed by atoms with van der Waals surface area (Å²) in [5.41, 5.74) is -0.839. The third kappa shape index (κ3) is 20.0. The van der Waals surface area contributed by atoms with Gasteiger partial charge in [-0.05, 0) is 20.8 Å². The zero-order chi connectivity index (χ0) is 24.4. The van der Waals surface area contributed by atoms with Gasteiger partial charge in [-0.25, -0.2) is 14.4 Å². The van der Waals surface area contributed by atoms with Crippen LogP contribution in [0.3, 0.4) is 0 Å². The standard InChI is InChI=1S/C6H14O5.3C4H6O2/c1-11-5(10)6(2-7,3-8)4-9;3*1-3(2)4(5)6/h5,7-10H,2-4H2,1H3;3*1H2,2H3,(H,5,6). The fraction of sp³-hybridized carbons (Fsp3) is 0.500. The van der Waals surface area contributed by atoms with E-state index in [1.54, 1.807) is 0 Å². The van der Waals surface area contributed by atoms with E-state index in [2.05, 4.69) is 24.5 Å². The van der Waals surface area contributed by atoms with Crippen LogP contribution < -0.4 is 0 Å². The summed E-state index contributed by atoms with van der Waals surface area (Å²) in [7, 11) is 1.22. The topological polar surface area (TPSA) is 202 Å². The molecule has 0 saturated heterocycles. The fourth-order valence-electron chi connectivity index (χ4n) is 0.634. The molecule has 0 aliphatic rings. The van der Waals surface area contributed by atoms with Crippen molar-refractivity contribution in [1.29, 1.82) is 0 Å². The van der Waals surface area contributed by atoms with Crippen LogP contribution in [0.2, 0.25) is 0 Å². The molecule has 0 saturated carbocycles. The normalized spacial score (nSPS) is 10.3. The number of aliphatic carboxylic acids is 3. The molecule has 0 aromatic heterocycles. The molecule has 1 atom stereocenters. The van der Waals surface area contributed by atoms with Gasteiger partial charge in [-0.2, -0.15) is 0 Å². The molecule has 0 bridgehead atoms. The number of carboxylic acids is 3. The van der Waals surface area contributed by atoms with Crippen molar-refractivity contribution < 1.29 is 54.9 Å². The maximum absolute atomic E-state index is 9.60. The van der Waals surface area contributed by atoms with Crippen molar-refractivity contribution in [2.75, 3.05) is 26.9 Å². The Morgan fingerprint density at radius 1 is 0.759 bits per heavy atom. The molecule has 11 heteroatoms. The summed E-state index contributed by atoms with van der Waals surface area (Å²) >= 11 is 0. The second-order valence-electron chi connectivity index (χ2n) is 5.68. The predicted molar refractivity (Wildman–Crippen MR) is 104 cm³/mol. The number of carboxylic acid groups (broad SMARTS) is 3. The first-order chi connectivity index (χ1) is 13.1. The molecule has 0 aliphatic heterocycles. The lowest BCUT2D eigenvalue weighted by Gasteiger charge is -2.31. The molecular weight excluding hydrogens is 392 g/mol. The minimum atomic E-state index is -1.37. The van der Waals surface area contributed by atoms with Gasteiger partial charge in [-0.3, -0.25) is 0 Å². The number of hydrogen-bond acceptors (Lipinski definition) is 8. The van der Waals surface area contributed by atoms with Crippen LogP contribution >= 0.6 is 0 Å². The first-order valence-electron chi connectivity index (χ1n) is 7.79. The number of methoxy groups -OCH3 is 1. The van der Waals surface area contributed by atoms with Gasteiger partial charge in [0.1, 0.15) is 0 Å². The average molecular weight is 424 g/mol. The Kier molecular flexibility index (Phi) is 22.0. The first kappa shape index (κ1) is 34.0. The van der Waals surface area contributed by atoms with Gasteiger partial charge in [0.25, 0.3) is 0 Å². The fourth-order valence-corrected chi connectivity index (χ4v) is 0.634. The second-order valence-corrected chi connectivity index (χ2v) is 5.68. The van der Waals surface area contributed by atoms with Crippen molar-refractivity contribution in [1.82, 2.24) is 0 Å². The quantitative estimate of drug-likeness (QED) is 0.202. The summed E-state index contributed by atoms with van der Waals surface area (Å²) in [5.74, 6) is -2.81. The highest BCUT2D eigenvalue weighted by Crippen LogP contribution is 2.20. The molecule has 1 unspecified atom stereocenters.